The first-order valence-electron chi connectivity index (χ1n) is 12.0. The number of amides is 3. The lowest BCUT2D eigenvalue weighted by Crippen LogP contribution is -2.48. The summed E-state index contributed by atoms with van der Waals surface area (Å²) in [4.78, 5) is 47.0. The highest BCUT2D eigenvalue weighted by Crippen LogP contribution is 2.38. The Morgan fingerprint density at radius 3 is 2.45 bits per heavy atom. The summed E-state index contributed by atoms with van der Waals surface area (Å²) in [5, 5.41) is 7.79. The second kappa shape index (κ2) is 12.4. The van der Waals surface area contributed by atoms with Crippen molar-refractivity contribution in [1.82, 2.24) is 25.3 Å². The molecule has 1 N–H and O–H groups in total. The molecular weight excluding hydrogens is 510 g/mol. The second-order valence-corrected chi connectivity index (χ2v) is 9.25. The predicted octanol–water partition coefficient (Wildman–Crippen LogP) is 2.57. The van der Waals surface area contributed by atoms with Crippen LogP contribution in [-0.2, 0) is 16.0 Å². The molecule has 4 rings (SSSR count). The van der Waals surface area contributed by atoms with Crippen LogP contribution in [0.3, 0.4) is 0 Å². The zero-order valence-electron chi connectivity index (χ0n) is 21.4. The van der Waals surface area contributed by atoms with Gasteiger partial charge in [0.25, 0.3) is 11.8 Å². The van der Waals surface area contributed by atoms with Gasteiger partial charge in [-0.25, -0.2) is 15.0 Å². The molecule has 200 valence electrons. The van der Waals surface area contributed by atoms with Crippen LogP contribution in [0.25, 0.3) is 10.6 Å². The Bertz CT molecular complexity index is 1270. The molecule has 0 unspecified atom stereocenters. The number of pyridine rings is 1. The Balaban J connectivity index is 1.31. The van der Waals surface area contributed by atoms with Gasteiger partial charge in [-0.1, -0.05) is 0 Å². The number of aryl methyl sites for hydroxylation is 1. The van der Waals surface area contributed by atoms with E-state index in [9.17, 15) is 14.4 Å². The van der Waals surface area contributed by atoms with Crippen molar-refractivity contribution < 1.29 is 28.6 Å². The van der Waals surface area contributed by atoms with Crippen molar-refractivity contribution in [2.45, 2.75) is 19.3 Å². The fraction of sp³-hybridized carbons (Fsp3) is 0.346. The smallest absolute Gasteiger partial charge is 0.291 e. The highest BCUT2D eigenvalue weighted by Gasteiger charge is 2.32. The number of nitrogens with one attached hydrogen (secondary N) is 1. The van der Waals surface area contributed by atoms with E-state index in [1.165, 1.54) is 42.7 Å². The molecule has 38 heavy (non-hydrogen) atoms. The third kappa shape index (κ3) is 6.02. The van der Waals surface area contributed by atoms with Crippen molar-refractivity contribution in [2.75, 3.05) is 41.0 Å². The van der Waals surface area contributed by atoms with Crippen LogP contribution in [0.15, 0.2) is 42.0 Å². The maximum atomic E-state index is 13.1. The summed E-state index contributed by atoms with van der Waals surface area (Å²) in [6.07, 6.45) is 4.57. The number of carbonyl (C=O) groups excluding carboxylic acids is 3. The van der Waals surface area contributed by atoms with E-state index in [1.54, 1.807) is 36.0 Å². The molecule has 0 spiro atoms. The number of hydrogen-bond acceptors (Lipinski definition) is 9. The number of methoxy groups -OCH3 is 3. The molecule has 11 nitrogen and oxygen atoms in total. The highest BCUT2D eigenvalue weighted by molar-refractivity contribution is 7.13. The van der Waals surface area contributed by atoms with Crippen LogP contribution >= 0.6 is 11.3 Å². The molecule has 2 aromatic heterocycles. The van der Waals surface area contributed by atoms with Gasteiger partial charge in [0, 0.05) is 42.8 Å². The van der Waals surface area contributed by atoms with Crippen molar-refractivity contribution in [3.8, 4) is 27.8 Å². The second-order valence-electron chi connectivity index (χ2n) is 8.39. The molecule has 3 amide bonds. The first kappa shape index (κ1) is 26.9. The van der Waals surface area contributed by atoms with Crippen LogP contribution < -0.4 is 19.5 Å². The van der Waals surface area contributed by atoms with E-state index in [-0.39, 0.29) is 36.4 Å². The Hall–Kier alpha value is -4.19. The number of hydrogen-bond donors (Lipinski definition) is 1. The zero-order valence-corrected chi connectivity index (χ0v) is 22.2. The van der Waals surface area contributed by atoms with Crippen LogP contribution in [0.5, 0.6) is 17.2 Å². The Morgan fingerprint density at radius 1 is 1.05 bits per heavy atom. The lowest BCUT2D eigenvalue weighted by Gasteiger charge is -2.27. The molecule has 1 fully saturated rings. The molecule has 1 aliphatic heterocycles. The zero-order chi connectivity index (χ0) is 27.1. The number of ether oxygens (including phenoxy) is 3. The summed E-state index contributed by atoms with van der Waals surface area (Å²) in [6.45, 7) is 0.584. The van der Waals surface area contributed by atoms with E-state index >= 15 is 0 Å². The fourth-order valence-corrected chi connectivity index (χ4v) is 4.88. The number of rotatable bonds is 10. The molecule has 0 saturated carbocycles. The van der Waals surface area contributed by atoms with Crippen LogP contribution in [0, 0.1) is 0 Å². The monoisotopic (exact) mass is 539 g/mol. The van der Waals surface area contributed by atoms with Gasteiger partial charge in [-0.15, -0.1) is 11.3 Å². The minimum Gasteiger partial charge on any atom is -0.493 e. The number of nitrogens with zero attached hydrogens (tertiary/aromatic N) is 4. The Morgan fingerprint density at radius 2 is 1.79 bits per heavy atom. The van der Waals surface area contributed by atoms with Crippen molar-refractivity contribution >= 4 is 29.1 Å². The van der Waals surface area contributed by atoms with E-state index in [4.69, 9.17) is 14.2 Å². The van der Waals surface area contributed by atoms with Gasteiger partial charge in [-0.2, -0.15) is 0 Å². The molecule has 1 aliphatic rings. The van der Waals surface area contributed by atoms with E-state index < -0.39 is 0 Å². The van der Waals surface area contributed by atoms with Gasteiger partial charge < -0.3 is 19.5 Å². The minimum absolute atomic E-state index is 0.157. The normalized spacial score (nSPS) is 12.8. The molecular formula is C26H29N5O6S. The molecule has 12 heteroatoms. The highest BCUT2D eigenvalue weighted by atomic mass is 32.1. The Labute approximate surface area is 224 Å². The SMILES string of the molecule is COc1cc(CCC(=O)NCC(=O)N2CCCN2C(=O)c2csc(-c3cccnc3)n2)cc(OC)c1OC. The molecule has 0 radical (unpaired) electrons. The minimum atomic E-state index is -0.361. The maximum Gasteiger partial charge on any atom is 0.291 e. The lowest BCUT2D eigenvalue weighted by atomic mass is 10.1. The van der Waals surface area contributed by atoms with Crippen molar-refractivity contribution in [3.05, 3.63) is 53.3 Å². The summed E-state index contributed by atoms with van der Waals surface area (Å²) >= 11 is 1.34. The van der Waals surface area contributed by atoms with Gasteiger partial charge in [0.1, 0.15) is 10.7 Å². The standard InChI is InChI=1S/C26H29N5O6S/c1-35-20-12-17(13-21(36-2)24(20)37-3)7-8-22(32)28-15-23(33)30-10-5-11-31(30)26(34)19-16-38-25(29-19)18-6-4-9-27-14-18/h4,6,9,12-14,16H,5,7-8,10-11,15H2,1-3H3,(H,28,32). The number of hydrazine groups is 1. The summed E-state index contributed by atoms with van der Waals surface area (Å²) < 4.78 is 16.0. The third-order valence-electron chi connectivity index (χ3n) is 5.99. The van der Waals surface area contributed by atoms with E-state index in [0.29, 0.717) is 48.2 Å². The first-order chi connectivity index (χ1) is 18.4. The van der Waals surface area contributed by atoms with Gasteiger partial charge in [0.15, 0.2) is 11.5 Å². The van der Waals surface area contributed by atoms with Crippen molar-refractivity contribution in [3.63, 3.8) is 0 Å². The molecule has 0 atom stereocenters. The average Bonchev–Trinajstić information content (AvgIpc) is 3.65. The van der Waals surface area contributed by atoms with Gasteiger partial charge >= 0.3 is 0 Å². The average molecular weight is 540 g/mol. The fourth-order valence-electron chi connectivity index (χ4n) is 4.10. The quantitative estimate of drug-likeness (QED) is 0.417. The summed E-state index contributed by atoms with van der Waals surface area (Å²) in [7, 11) is 4.58. The topological polar surface area (TPSA) is 123 Å². The van der Waals surface area contributed by atoms with Gasteiger partial charge in [0.2, 0.25) is 11.7 Å². The first-order valence-corrected chi connectivity index (χ1v) is 12.9. The van der Waals surface area contributed by atoms with Crippen molar-refractivity contribution in [1.29, 1.82) is 0 Å². The molecule has 1 saturated heterocycles. The molecule has 3 heterocycles. The number of thiazole rings is 1. The Kier molecular flexibility index (Phi) is 8.74. The molecule has 0 bridgehead atoms. The van der Waals surface area contributed by atoms with Gasteiger partial charge in [-0.3, -0.25) is 19.4 Å². The number of aromatic nitrogens is 2. The summed E-state index contributed by atoms with van der Waals surface area (Å²) in [6, 6.07) is 7.24. The lowest BCUT2D eigenvalue weighted by molar-refractivity contribution is -0.141. The molecule has 1 aromatic carbocycles. The van der Waals surface area contributed by atoms with Crippen LogP contribution in [0.4, 0.5) is 0 Å². The van der Waals surface area contributed by atoms with Crippen molar-refractivity contribution in [2.24, 2.45) is 0 Å². The molecule has 3 aromatic rings. The predicted molar refractivity (Wildman–Crippen MR) is 140 cm³/mol. The van der Waals surface area contributed by atoms with Crippen LogP contribution in [-0.4, -0.2) is 78.7 Å². The summed E-state index contributed by atoms with van der Waals surface area (Å²) in [5.74, 6) is 0.484. The molecule has 0 aliphatic carbocycles. The van der Waals surface area contributed by atoms with Crippen LogP contribution in [0.2, 0.25) is 0 Å². The van der Waals surface area contributed by atoms with E-state index in [2.05, 4.69) is 15.3 Å². The van der Waals surface area contributed by atoms with E-state index in [0.717, 1.165) is 11.1 Å². The third-order valence-corrected chi connectivity index (χ3v) is 6.88. The van der Waals surface area contributed by atoms with E-state index in [1.807, 2.05) is 6.07 Å². The van der Waals surface area contributed by atoms with Crippen LogP contribution in [0.1, 0.15) is 28.9 Å². The number of carbonyl (C=O) groups is 3. The maximum absolute atomic E-state index is 13.1. The van der Waals surface area contributed by atoms with Gasteiger partial charge in [-0.05, 0) is 42.7 Å². The summed E-state index contributed by atoms with van der Waals surface area (Å²) in [5.41, 5.74) is 1.91. The largest absolute Gasteiger partial charge is 0.493 e. The van der Waals surface area contributed by atoms with Gasteiger partial charge in [0.05, 0.1) is 27.9 Å². The number of benzene rings is 1.